The number of ketones is 3. The first-order chi connectivity index (χ1) is 10.6. The Kier molecular flexibility index (Phi) is 18.2. The van der Waals surface area contributed by atoms with Crippen LogP contribution in [0, 0.1) is 0 Å². The smallest absolute Gasteiger partial charge is 0.157 e. The molecule has 8 heteroatoms. The lowest BCUT2D eigenvalue weighted by molar-refractivity contribution is -0.114. The molecular weight excluding hydrogens is 326 g/mol. The standard InChI is InChI=1S/C11H15NO2.C5H9NO.CH2O.H2N.H2O/c1-6-10(8(3)13)5-11(9(4)14)7(2)12-6;1-4(6)3-5(2)7;1-2;;/h12H,5H2,1-4H3;3H,6H2,1-2H3;1H2;2*1H2/q;;;-1;/p-1/b;4-3+;;;. The van der Waals surface area contributed by atoms with Gasteiger partial charge in [-0.3, -0.25) is 14.4 Å². The third-order valence-electron chi connectivity index (χ3n) is 2.91. The van der Waals surface area contributed by atoms with Gasteiger partial charge in [0.2, 0.25) is 0 Å². The third-order valence-corrected chi connectivity index (χ3v) is 2.91. The van der Waals surface area contributed by atoms with Gasteiger partial charge < -0.3 is 27.5 Å². The topological polar surface area (TPSA) is 170 Å². The molecule has 0 bridgehead atoms. The van der Waals surface area contributed by atoms with Gasteiger partial charge in [0.25, 0.3) is 0 Å². The van der Waals surface area contributed by atoms with Crippen LogP contribution in [-0.4, -0.2) is 29.6 Å². The van der Waals surface area contributed by atoms with E-state index in [-0.39, 0.29) is 29.0 Å². The Morgan fingerprint density at radius 2 is 1.28 bits per heavy atom. The summed E-state index contributed by atoms with van der Waals surface area (Å²) in [5, 5.41) is 3.06. The molecule has 0 aromatic carbocycles. The molecule has 1 rings (SSSR count). The Morgan fingerprint density at radius 1 is 0.960 bits per heavy atom. The number of nitrogens with two attached hydrogens (primary N) is 2. The van der Waals surface area contributed by atoms with E-state index in [0.717, 1.165) is 11.4 Å². The molecule has 0 fully saturated rings. The van der Waals surface area contributed by atoms with Gasteiger partial charge >= 0.3 is 0 Å². The summed E-state index contributed by atoms with van der Waals surface area (Å²) in [6.07, 6.45) is 1.86. The van der Waals surface area contributed by atoms with Gasteiger partial charge in [-0.25, -0.2) is 0 Å². The van der Waals surface area contributed by atoms with Crippen LogP contribution in [0.4, 0.5) is 0 Å². The number of carbonyl (C=O) groups is 4. The van der Waals surface area contributed by atoms with Crippen molar-refractivity contribution in [3.05, 3.63) is 40.5 Å². The van der Waals surface area contributed by atoms with Crippen LogP contribution in [0.3, 0.4) is 0 Å². The lowest BCUT2D eigenvalue weighted by Crippen LogP contribution is -2.23. The largest absolute Gasteiger partial charge is 0.870 e. The van der Waals surface area contributed by atoms with Crippen LogP contribution >= 0.6 is 0 Å². The molecule has 0 atom stereocenters. The van der Waals surface area contributed by atoms with Gasteiger partial charge in [-0.15, -0.1) is 0 Å². The van der Waals surface area contributed by atoms with E-state index in [1.54, 1.807) is 6.92 Å². The van der Waals surface area contributed by atoms with Crippen molar-refractivity contribution in [2.75, 3.05) is 0 Å². The number of hydrogen-bond donors (Lipinski definition) is 2. The molecule has 0 aromatic heterocycles. The monoisotopic (exact) mass is 355 g/mol. The van der Waals surface area contributed by atoms with Crippen molar-refractivity contribution in [3.63, 3.8) is 0 Å². The van der Waals surface area contributed by atoms with Gasteiger partial charge in [0.1, 0.15) is 6.79 Å². The van der Waals surface area contributed by atoms with Crippen molar-refractivity contribution >= 4 is 24.1 Å². The summed E-state index contributed by atoms with van der Waals surface area (Å²) in [5.74, 6) is 0.0579. The summed E-state index contributed by atoms with van der Waals surface area (Å²) in [4.78, 5) is 40.6. The summed E-state index contributed by atoms with van der Waals surface area (Å²) in [6, 6.07) is 0. The molecule has 1 heterocycles. The lowest BCUT2D eigenvalue weighted by atomic mass is 9.94. The zero-order chi connectivity index (χ0) is 18.7. The second kappa shape index (κ2) is 15.0. The van der Waals surface area contributed by atoms with Gasteiger partial charge in [-0.1, -0.05) is 0 Å². The minimum Gasteiger partial charge on any atom is -0.870 e. The highest BCUT2D eigenvalue weighted by molar-refractivity contribution is 6.00. The molecule has 0 spiro atoms. The number of hydrogen-bond acceptors (Lipinski definition) is 7. The highest BCUT2D eigenvalue weighted by atomic mass is 16.1. The Bertz CT molecular complexity index is 537. The third kappa shape index (κ3) is 12.5. The maximum Gasteiger partial charge on any atom is 0.157 e. The number of allylic oxidation sites excluding steroid dienone is 6. The molecule has 0 aliphatic carbocycles. The summed E-state index contributed by atoms with van der Waals surface area (Å²) >= 11 is 0. The second-order valence-corrected chi connectivity index (χ2v) is 5.12. The predicted molar refractivity (Wildman–Crippen MR) is 97.5 cm³/mol. The van der Waals surface area contributed by atoms with Crippen molar-refractivity contribution in [2.45, 2.75) is 48.0 Å². The van der Waals surface area contributed by atoms with Crippen molar-refractivity contribution in [1.82, 2.24) is 5.32 Å². The molecule has 6 N–H and O–H groups in total. The van der Waals surface area contributed by atoms with Crippen LogP contribution in [-0.2, 0) is 19.2 Å². The van der Waals surface area contributed by atoms with Crippen LogP contribution in [0.1, 0.15) is 48.0 Å². The highest BCUT2D eigenvalue weighted by Gasteiger charge is 2.20. The van der Waals surface area contributed by atoms with Gasteiger partial charge in [0.05, 0.1) is 0 Å². The molecule has 1 aliphatic rings. The summed E-state index contributed by atoms with van der Waals surface area (Å²) in [7, 11) is 0. The van der Waals surface area contributed by atoms with E-state index < -0.39 is 0 Å². The fraction of sp³-hybridized carbons (Fsp3) is 0.412. The fourth-order valence-corrected chi connectivity index (χ4v) is 1.97. The van der Waals surface area contributed by atoms with Crippen molar-refractivity contribution in [3.8, 4) is 0 Å². The van der Waals surface area contributed by atoms with Crippen LogP contribution in [0.25, 0.3) is 6.15 Å². The molecule has 0 unspecified atom stereocenters. The first-order valence-electron chi connectivity index (χ1n) is 6.97. The van der Waals surface area contributed by atoms with Crippen molar-refractivity contribution in [1.29, 1.82) is 0 Å². The SMILES string of the molecule is C=O.CC(=O)/C=C(\C)N.CC(=O)C1=C(C)NC(C)=C(C(C)=O)C1.[NH2-].[OH-]. The minimum atomic E-state index is 0. The van der Waals surface area contributed by atoms with Crippen LogP contribution < -0.4 is 11.1 Å². The van der Waals surface area contributed by atoms with E-state index in [2.05, 4.69) is 5.32 Å². The van der Waals surface area contributed by atoms with Gasteiger partial charge in [-0.05, 0) is 47.6 Å². The van der Waals surface area contributed by atoms with Crippen molar-refractivity contribution in [2.24, 2.45) is 5.73 Å². The number of dihydropyridines is 1. The van der Waals surface area contributed by atoms with E-state index in [4.69, 9.17) is 10.5 Å². The van der Waals surface area contributed by atoms with E-state index in [0.29, 0.717) is 23.3 Å². The number of rotatable bonds is 3. The predicted octanol–water partition coefficient (Wildman–Crippen LogP) is 2.50. The van der Waals surface area contributed by atoms with Crippen LogP contribution in [0.2, 0.25) is 0 Å². The Morgan fingerprint density at radius 3 is 1.44 bits per heavy atom. The fourth-order valence-electron chi connectivity index (χ4n) is 1.97. The molecule has 0 amide bonds. The average molecular weight is 355 g/mol. The van der Waals surface area contributed by atoms with Gasteiger partial charge in [0, 0.05) is 34.7 Å². The lowest BCUT2D eigenvalue weighted by Gasteiger charge is -2.21. The van der Waals surface area contributed by atoms with Crippen LogP contribution in [0.5, 0.6) is 0 Å². The normalized spacial score (nSPS) is 12.8. The van der Waals surface area contributed by atoms with Gasteiger partial charge in [-0.2, -0.15) is 0 Å². The van der Waals surface area contributed by atoms with E-state index in [1.807, 2.05) is 20.6 Å². The Balaban J connectivity index is -0.000000173. The van der Waals surface area contributed by atoms with E-state index >= 15 is 0 Å². The Hall–Kier alpha value is -2.58. The molecule has 0 radical (unpaired) electrons. The first-order valence-corrected chi connectivity index (χ1v) is 6.97. The Labute approximate surface area is 149 Å². The van der Waals surface area contributed by atoms with Crippen LogP contribution in [0.15, 0.2) is 34.3 Å². The second-order valence-electron chi connectivity index (χ2n) is 5.12. The molecule has 0 saturated heterocycles. The molecular formula is C17H29N3O5-2. The highest BCUT2D eigenvalue weighted by Crippen LogP contribution is 2.23. The number of carbonyl (C=O) groups excluding carboxylic acids is 4. The average Bonchev–Trinajstić information content (AvgIpc) is 2.39. The maximum atomic E-state index is 11.3. The van der Waals surface area contributed by atoms with Gasteiger partial charge in [0.15, 0.2) is 17.3 Å². The number of Topliss-reactive ketones (excluding diaryl/α,β-unsaturated/α-hetero) is 2. The summed E-state index contributed by atoms with van der Waals surface area (Å²) in [5.41, 5.74) is 8.84. The quantitative estimate of drug-likeness (QED) is 0.732. The zero-order valence-electron chi connectivity index (χ0n) is 15.7. The molecule has 25 heavy (non-hydrogen) atoms. The van der Waals surface area contributed by atoms with E-state index in [1.165, 1.54) is 26.8 Å². The summed E-state index contributed by atoms with van der Waals surface area (Å²) < 4.78 is 0. The maximum absolute atomic E-state index is 11.3. The minimum absolute atomic E-state index is 0. The molecule has 0 saturated carbocycles. The zero-order valence-corrected chi connectivity index (χ0v) is 15.7. The number of nitrogens with one attached hydrogen (secondary N) is 1. The van der Waals surface area contributed by atoms with E-state index in [9.17, 15) is 14.4 Å². The molecule has 0 aromatic rings. The molecule has 1 aliphatic heterocycles. The van der Waals surface area contributed by atoms with Crippen molar-refractivity contribution < 1.29 is 24.7 Å². The molecule has 8 nitrogen and oxygen atoms in total. The summed E-state index contributed by atoms with van der Waals surface area (Å²) in [6.45, 7) is 11.9. The first kappa shape index (κ1) is 30.3. The molecule has 144 valence electrons.